The number of amides is 1. The molecule has 1 aromatic heterocycles. The summed E-state index contributed by atoms with van der Waals surface area (Å²) in [6, 6.07) is 8.60. The molecule has 5 nitrogen and oxygen atoms in total. The van der Waals surface area contributed by atoms with E-state index in [0.29, 0.717) is 0 Å². The quantitative estimate of drug-likeness (QED) is 0.842. The van der Waals surface area contributed by atoms with Crippen LogP contribution in [0.25, 0.3) is 0 Å². The highest BCUT2D eigenvalue weighted by Crippen LogP contribution is 2.38. The van der Waals surface area contributed by atoms with Gasteiger partial charge in [0.15, 0.2) is 0 Å². The molecule has 0 aliphatic carbocycles. The Hall–Kier alpha value is -1.82. The standard InChI is InChI=1S/C18H22N4OS/c1-12-19-13(2)22(20-12)15-7-5-9-21(11-15)18(23)17-10-14-6-3-4-8-16(14)24-17/h3-4,6,8,15,17H,5,7,9-11H2,1-2H3/t15-,17+/m1/s1. The summed E-state index contributed by atoms with van der Waals surface area (Å²) < 4.78 is 2.01. The van der Waals surface area contributed by atoms with Crippen molar-refractivity contribution in [2.45, 2.75) is 49.3 Å². The van der Waals surface area contributed by atoms with E-state index in [1.54, 1.807) is 11.8 Å². The molecule has 1 fully saturated rings. The first-order valence-electron chi connectivity index (χ1n) is 8.55. The van der Waals surface area contributed by atoms with E-state index in [1.807, 2.05) is 29.5 Å². The molecule has 0 saturated carbocycles. The van der Waals surface area contributed by atoms with Crippen LogP contribution in [0.1, 0.15) is 36.1 Å². The number of carbonyl (C=O) groups excluding carboxylic acids is 1. The van der Waals surface area contributed by atoms with Gasteiger partial charge in [-0.1, -0.05) is 18.2 Å². The molecule has 2 aromatic rings. The van der Waals surface area contributed by atoms with E-state index >= 15 is 0 Å². The molecule has 24 heavy (non-hydrogen) atoms. The lowest BCUT2D eigenvalue weighted by atomic mass is 10.0. The van der Waals surface area contributed by atoms with E-state index in [4.69, 9.17) is 0 Å². The van der Waals surface area contributed by atoms with Crippen molar-refractivity contribution in [3.05, 3.63) is 41.5 Å². The van der Waals surface area contributed by atoms with Gasteiger partial charge in [-0.3, -0.25) is 4.79 Å². The number of aryl methyl sites for hydroxylation is 2. The summed E-state index contributed by atoms with van der Waals surface area (Å²) in [4.78, 5) is 20.7. The highest BCUT2D eigenvalue weighted by Gasteiger charge is 2.34. The number of rotatable bonds is 2. The lowest BCUT2D eigenvalue weighted by Crippen LogP contribution is -2.44. The van der Waals surface area contributed by atoms with Crippen LogP contribution in [0, 0.1) is 13.8 Å². The van der Waals surface area contributed by atoms with E-state index in [9.17, 15) is 4.79 Å². The summed E-state index contributed by atoms with van der Waals surface area (Å²) in [5.41, 5.74) is 1.30. The summed E-state index contributed by atoms with van der Waals surface area (Å²) >= 11 is 1.72. The second kappa shape index (κ2) is 6.24. The Kier molecular flexibility index (Phi) is 4.08. The van der Waals surface area contributed by atoms with Crippen LogP contribution in [-0.4, -0.2) is 43.9 Å². The first-order valence-corrected chi connectivity index (χ1v) is 9.43. The van der Waals surface area contributed by atoms with Gasteiger partial charge in [-0.15, -0.1) is 11.8 Å². The topological polar surface area (TPSA) is 51.0 Å². The van der Waals surface area contributed by atoms with Crippen molar-refractivity contribution in [1.82, 2.24) is 19.7 Å². The molecule has 3 heterocycles. The lowest BCUT2D eigenvalue weighted by Gasteiger charge is -2.34. The second-order valence-electron chi connectivity index (χ2n) is 6.65. The van der Waals surface area contributed by atoms with Gasteiger partial charge in [-0.25, -0.2) is 9.67 Å². The van der Waals surface area contributed by atoms with Gasteiger partial charge in [0.05, 0.1) is 11.3 Å². The number of thioether (sulfide) groups is 1. The van der Waals surface area contributed by atoms with Crippen LogP contribution in [0.2, 0.25) is 0 Å². The molecule has 6 heteroatoms. The van der Waals surface area contributed by atoms with Gasteiger partial charge >= 0.3 is 0 Å². The highest BCUT2D eigenvalue weighted by molar-refractivity contribution is 8.01. The van der Waals surface area contributed by atoms with Crippen LogP contribution in [0.5, 0.6) is 0 Å². The van der Waals surface area contributed by atoms with Crippen LogP contribution >= 0.6 is 11.8 Å². The Balaban J connectivity index is 1.47. The van der Waals surface area contributed by atoms with Gasteiger partial charge in [0.2, 0.25) is 5.91 Å². The summed E-state index contributed by atoms with van der Waals surface area (Å²) in [6.45, 7) is 5.51. The number of fused-ring (bicyclic) bond motifs is 1. The zero-order chi connectivity index (χ0) is 16.7. The SMILES string of the molecule is Cc1nc(C)n([C@@H]2CCCN(C(=O)[C@@H]3Cc4ccccc4S3)C2)n1. The number of benzene rings is 1. The van der Waals surface area contributed by atoms with Gasteiger partial charge < -0.3 is 4.90 Å². The van der Waals surface area contributed by atoms with Crippen LogP contribution < -0.4 is 0 Å². The normalized spacial score (nSPS) is 23.3. The zero-order valence-corrected chi connectivity index (χ0v) is 14.9. The number of hydrogen-bond acceptors (Lipinski definition) is 4. The second-order valence-corrected chi connectivity index (χ2v) is 7.89. The molecule has 2 aliphatic heterocycles. The van der Waals surface area contributed by atoms with Crippen LogP contribution in [-0.2, 0) is 11.2 Å². The van der Waals surface area contributed by atoms with Crippen LogP contribution in [0.3, 0.4) is 0 Å². The van der Waals surface area contributed by atoms with Crippen molar-refractivity contribution in [3.8, 4) is 0 Å². The lowest BCUT2D eigenvalue weighted by molar-refractivity contribution is -0.132. The number of piperidine rings is 1. The van der Waals surface area contributed by atoms with Crippen molar-refractivity contribution in [2.75, 3.05) is 13.1 Å². The number of aromatic nitrogens is 3. The average molecular weight is 342 g/mol. The fraction of sp³-hybridized carbons (Fsp3) is 0.500. The maximum atomic E-state index is 13.0. The molecule has 1 amide bonds. The predicted octanol–water partition coefficient (Wildman–Crippen LogP) is 2.78. The number of carbonyl (C=O) groups is 1. The zero-order valence-electron chi connectivity index (χ0n) is 14.1. The summed E-state index contributed by atoms with van der Waals surface area (Å²) in [5, 5.41) is 4.55. The molecule has 0 N–H and O–H groups in total. The van der Waals surface area contributed by atoms with Crippen molar-refractivity contribution in [3.63, 3.8) is 0 Å². The minimum atomic E-state index is 0.0275. The molecule has 0 unspecified atom stereocenters. The van der Waals surface area contributed by atoms with Crippen molar-refractivity contribution in [1.29, 1.82) is 0 Å². The Morgan fingerprint density at radius 1 is 1.29 bits per heavy atom. The number of hydrogen-bond donors (Lipinski definition) is 0. The highest BCUT2D eigenvalue weighted by atomic mass is 32.2. The fourth-order valence-electron chi connectivity index (χ4n) is 3.76. The Bertz CT molecular complexity index is 747. The van der Waals surface area contributed by atoms with E-state index in [0.717, 1.165) is 44.0 Å². The van der Waals surface area contributed by atoms with E-state index < -0.39 is 0 Å². The molecule has 2 aliphatic rings. The third-order valence-corrected chi connectivity index (χ3v) is 6.19. The molecular weight excluding hydrogens is 320 g/mol. The first kappa shape index (κ1) is 15.7. The first-order chi connectivity index (χ1) is 11.6. The third kappa shape index (κ3) is 2.83. The molecular formula is C18H22N4OS. The van der Waals surface area contributed by atoms with Gasteiger partial charge in [0.1, 0.15) is 11.6 Å². The number of likely N-dealkylation sites (tertiary alicyclic amines) is 1. The molecule has 0 radical (unpaired) electrons. The molecule has 1 saturated heterocycles. The summed E-state index contributed by atoms with van der Waals surface area (Å²) in [5.74, 6) is 2.02. The average Bonchev–Trinajstić information content (AvgIpc) is 3.17. The minimum Gasteiger partial charge on any atom is -0.340 e. The third-order valence-electron chi connectivity index (χ3n) is 4.88. The van der Waals surface area contributed by atoms with Crippen molar-refractivity contribution < 1.29 is 4.79 Å². The van der Waals surface area contributed by atoms with E-state index in [-0.39, 0.29) is 17.2 Å². The Morgan fingerprint density at radius 3 is 2.88 bits per heavy atom. The van der Waals surface area contributed by atoms with Gasteiger partial charge in [-0.05, 0) is 44.7 Å². The predicted molar refractivity (Wildman–Crippen MR) is 94.1 cm³/mol. The molecule has 4 rings (SSSR count). The summed E-state index contributed by atoms with van der Waals surface area (Å²) in [7, 11) is 0. The molecule has 0 spiro atoms. The van der Waals surface area contributed by atoms with Crippen molar-refractivity contribution >= 4 is 17.7 Å². The molecule has 2 atom stereocenters. The van der Waals surface area contributed by atoms with Crippen molar-refractivity contribution in [2.24, 2.45) is 0 Å². The number of nitrogens with zero attached hydrogens (tertiary/aromatic N) is 4. The summed E-state index contributed by atoms with van der Waals surface area (Å²) in [6.07, 6.45) is 2.94. The Morgan fingerprint density at radius 2 is 2.12 bits per heavy atom. The van der Waals surface area contributed by atoms with E-state index in [1.165, 1.54) is 10.5 Å². The van der Waals surface area contributed by atoms with Gasteiger partial charge in [0, 0.05) is 18.0 Å². The molecule has 0 bridgehead atoms. The fourth-order valence-corrected chi connectivity index (χ4v) is 5.04. The molecule has 126 valence electrons. The minimum absolute atomic E-state index is 0.0275. The van der Waals surface area contributed by atoms with Gasteiger partial charge in [-0.2, -0.15) is 5.10 Å². The Labute approximate surface area is 146 Å². The largest absolute Gasteiger partial charge is 0.340 e. The van der Waals surface area contributed by atoms with Crippen LogP contribution in [0.15, 0.2) is 29.2 Å². The smallest absolute Gasteiger partial charge is 0.236 e. The molecule has 1 aromatic carbocycles. The van der Waals surface area contributed by atoms with E-state index in [2.05, 4.69) is 28.3 Å². The maximum Gasteiger partial charge on any atom is 0.236 e. The monoisotopic (exact) mass is 342 g/mol. The maximum absolute atomic E-state index is 13.0. The van der Waals surface area contributed by atoms with Crippen LogP contribution in [0.4, 0.5) is 0 Å². The van der Waals surface area contributed by atoms with Gasteiger partial charge in [0.25, 0.3) is 0 Å².